The molecule has 0 aliphatic carbocycles. The number of hydrogen-bond acceptors (Lipinski definition) is 1. The smallest absolute Gasteiger partial charge is 0.0137 e. The standard InChI is InChI=1S/C10H12S/c1-3-4-5-6-10-9(2)7-8-11-10/h7-8H,5-6H2,1-2H3. The van der Waals surface area contributed by atoms with Crippen molar-refractivity contribution in [2.24, 2.45) is 0 Å². The van der Waals surface area contributed by atoms with Crippen LogP contribution in [0.15, 0.2) is 11.4 Å². The van der Waals surface area contributed by atoms with Gasteiger partial charge in [0.15, 0.2) is 0 Å². The van der Waals surface area contributed by atoms with Crippen LogP contribution in [0.3, 0.4) is 0 Å². The maximum atomic E-state index is 3.07. The number of rotatable bonds is 2. The van der Waals surface area contributed by atoms with E-state index < -0.39 is 0 Å². The van der Waals surface area contributed by atoms with Crippen LogP contribution in [0.4, 0.5) is 0 Å². The van der Waals surface area contributed by atoms with Crippen molar-refractivity contribution in [1.82, 2.24) is 0 Å². The van der Waals surface area contributed by atoms with Gasteiger partial charge >= 0.3 is 0 Å². The summed E-state index contributed by atoms with van der Waals surface area (Å²) in [5.41, 5.74) is 1.41. The van der Waals surface area contributed by atoms with Gasteiger partial charge in [0.25, 0.3) is 0 Å². The molecule has 1 aromatic rings. The van der Waals surface area contributed by atoms with Crippen LogP contribution in [0.2, 0.25) is 0 Å². The molecule has 1 aromatic heterocycles. The summed E-state index contributed by atoms with van der Waals surface area (Å²) in [4.78, 5) is 1.48. The minimum Gasteiger partial charge on any atom is -0.149 e. The third-order valence-corrected chi connectivity index (χ3v) is 2.70. The Kier molecular flexibility index (Phi) is 3.19. The molecular formula is C10H12S. The van der Waals surface area contributed by atoms with E-state index in [1.54, 1.807) is 0 Å². The average Bonchev–Trinajstić information content (AvgIpc) is 2.37. The second-order valence-corrected chi connectivity index (χ2v) is 3.45. The first-order chi connectivity index (χ1) is 5.34. The summed E-state index contributed by atoms with van der Waals surface area (Å²) in [6.45, 7) is 4.05. The normalized spacial score (nSPS) is 8.91. The summed E-state index contributed by atoms with van der Waals surface area (Å²) in [6.07, 6.45) is 2.11. The predicted octanol–water partition coefficient (Wildman–Crippen LogP) is 3.01. The molecule has 0 atom stereocenters. The molecule has 0 fully saturated rings. The Morgan fingerprint density at radius 3 is 2.91 bits per heavy atom. The first-order valence-electron chi connectivity index (χ1n) is 3.77. The van der Waals surface area contributed by atoms with E-state index in [0.717, 1.165) is 12.8 Å². The lowest BCUT2D eigenvalue weighted by Gasteiger charge is -1.92. The Labute approximate surface area is 72.3 Å². The number of hydrogen-bond donors (Lipinski definition) is 0. The van der Waals surface area contributed by atoms with Gasteiger partial charge in [0.05, 0.1) is 0 Å². The molecule has 1 rings (SSSR count). The van der Waals surface area contributed by atoms with Crippen LogP contribution in [-0.4, -0.2) is 0 Å². The van der Waals surface area contributed by atoms with Gasteiger partial charge in [0, 0.05) is 11.3 Å². The van der Waals surface area contributed by atoms with Crippen molar-refractivity contribution in [2.75, 3.05) is 0 Å². The van der Waals surface area contributed by atoms with Crippen LogP contribution in [0, 0.1) is 18.8 Å². The SMILES string of the molecule is CC#CCCc1sccc1C. The van der Waals surface area contributed by atoms with E-state index in [9.17, 15) is 0 Å². The van der Waals surface area contributed by atoms with Crippen LogP contribution in [0.1, 0.15) is 23.8 Å². The third-order valence-electron chi connectivity index (χ3n) is 1.62. The summed E-state index contributed by atoms with van der Waals surface area (Å²) >= 11 is 1.83. The molecule has 1 heterocycles. The molecule has 0 saturated carbocycles. The average molecular weight is 164 g/mol. The highest BCUT2D eigenvalue weighted by Crippen LogP contribution is 2.16. The van der Waals surface area contributed by atoms with Crippen LogP contribution < -0.4 is 0 Å². The van der Waals surface area contributed by atoms with Crippen molar-refractivity contribution in [3.63, 3.8) is 0 Å². The highest BCUT2D eigenvalue weighted by molar-refractivity contribution is 7.10. The molecule has 1 heteroatoms. The molecule has 0 spiro atoms. The van der Waals surface area contributed by atoms with Gasteiger partial charge in [0.2, 0.25) is 0 Å². The maximum absolute atomic E-state index is 3.07. The zero-order valence-corrected chi connectivity index (χ0v) is 7.79. The molecule has 0 nitrogen and oxygen atoms in total. The van der Waals surface area contributed by atoms with Gasteiger partial charge in [-0.3, -0.25) is 0 Å². The second-order valence-electron chi connectivity index (χ2n) is 2.45. The van der Waals surface area contributed by atoms with Crippen molar-refractivity contribution >= 4 is 11.3 Å². The van der Waals surface area contributed by atoms with E-state index in [2.05, 4.69) is 30.2 Å². The topological polar surface area (TPSA) is 0 Å². The van der Waals surface area contributed by atoms with Gasteiger partial charge in [-0.15, -0.1) is 23.2 Å². The summed E-state index contributed by atoms with van der Waals surface area (Å²) in [7, 11) is 0. The van der Waals surface area contributed by atoms with E-state index in [1.165, 1.54) is 10.4 Å². The van der Waals surface area contributed by atoms with Crippen molar-refractivity contribution in [3.8, 4) is 11.8 Å². The van der Waals surface area contributed by atoms with Gasteiger partial charge < -0.3 is 0 Å². The Morgan fingerprint density at radius 2 is 2.36 bits per heavy atom. The highest BCUT2D eigenvalue weighted by Gasteiger charge is 1.96. The van der Waals surface area contributed by atoms with Gasteiger partial charge in [-0.1, -0.05) is 0 Å². The first kappa shape index (κ1) is 8.36. The molecule has 58 valence electrons. The Morgan fingerprint density at radius 1 is 1.55 bits per heavy atom. The lowest BCUT2D eigenvalue weighted by molar-refractivity contribution is 1.04. The quantitative estimate of drug-likeness (QED) is 0.589. The number of aryl methyl sites for hydroxylation is 2. The Balaban J connectivity index is 2.48. The van der Waals surface area contributed by atoms with E-state index in [-0.39, 0.29) is 0 Å². The van der Waals surface area contributed by atoms with Gasteiger partial charge in [-0.25, -0.2) is 0 Å². The van der Waals surface area contributed by atoms with Gasteiger partial charge in [-0.2, -0.15) is 0 Å². The number of thiophene rings is 1. The highest BCUT2D eigenvalue weighted by atomic mass is 32.1. The zero-order valence-electron chi connectivity index (χ0n) is 6.98. The molecule has 0 amide bonds. The first-order valence-corrected chi connectivity index (χ1v) is 4.65. The van der Waals surface area contributed by atoms with Crippen LogP contribution in [0.25, 0.3) is 0 Å². The maximum Gasteiger partial charge on any atom is 0.0137 e. The Hall–Kier alpha value is -0.740. The monoisotopic (exact) mass is 164 g/mol. The van der Waals surface area contributed by atoms with E-state index in [4.69, 9.17) is 0 Å². The molecular weight excluding hydrogens is 152 g/mol. The summed E-state index contributed by atoms with van der Waals surface area (Å²) in [5, 5.41) is 2.14. The third kappa shape index (κ3) is 2.40. The molecule has 0 aliphatic heterocycles. The molecule has 0 unspecified atom stereocenters. The molecule has 11 heavy (non-hydrogen) atoms. The fourth-order valence-electron chi connectivity index (χ4n) is 0.961. The lowest BCUT2D eigenvalue weighted by atomic mass is 10.2. The van der Waals surface area contributed by atoms with Gasteiger partial charge in [-0.05, 0) is 37.3 Å². The van der Waals surface area contributed by atoms with Crippen molar-refractivity contribution < 1.29 is 0 Å². The van der Waals surface area contributed by atoms with Crippen LogP contribution in [0.5, 0.6) is 0 Å². The second kappa shape index (κ2) is 4.20. The Bertz CT molecular complexity index is 273. The van der Waals surface area contributed by atoms with Crippen molar-refractivity contribution in [1.29, 1.82) is 0 Å². The fourth-order valence-corrected chi connectivity index (χ4v) is 1.87. The lowest BCUT2D eigenvalue weighted by Crippen LogP contribution is -1.80. The molecule has 0 radical (unpaired) electrons. The van der Waals surface area contributed by atoms with Gasteiger partial charge in [0.1, 0.15) is 0 Å². The molecule has 0 bridgehead atoms. The summed E-state index contributed by atoms with van der Waals surface area (Å²) in [5.74, 6) is 5.97. The van der Waals surface area contributed by atoms with Crippen LogP contribution in [-0.2, 0) is 6.42 Å². The minimum absolute atomic E-state index is 0.998. The minimum atomic E-state index is 0.998. The zero-order chi connectivity index (χ0) is 8.10. The summed E-state index contributed by atoms with van der Waals surface area (Å²) < 4.78 is 0. The predicted molar refractivity (Wildman–Crippen MR) is 50.8 cm³/mol. The molecule has 0 saturated heterocycles. The van der Waals surface area contributed by atoms with E-state index in [0.29, 0.717) is 0 Å². The van der Waals surface area contributed by atoms with Crippen molar-refractivity contribution in [3.05, 3.63) is 21.9 Å². The van der Waals surface area contributed by atoms with E-state index in [1.807, 2.05) is 18.3 Å². The molecule has 0 aliphatic rings. The largest absolute Gasteiger partial charge is 0.149 e. The molecule has 0 N–H and O–H groups in total. The fraction of sp³-hybridized carbons (Fsp3) is 0.400. The van der Waals surface area contributed by atoms with Crippen LogP contribution >= 0.6 is 11.3 Å². The summed E-state index contributed by atoms with van der Waals surface area (Å²) in [6, 6.07) is 2.17. The molecule has 0 aromatic carbocycles. The van der Waals surface area contributed by atoms with Crippen molar-refractivity contribution in [2.45, 2.75) is 26.7 Å². The van der Waals surface area contributed by atoms with E-state index >= 15 is 0 Å².